The van der Waals surface area contributed by atoms with Crippen LogP contribution in [0.1, 0.15) is 18.6 Å². The molecule has 0 radical (unpaired) electrons. The van der Waals surface area contributed by atoms with Gasteiger partial charge in [-0.05, 0) is 19.1 Å². The van der Waals surface area contributed by atoms with Crippen LogP contribution in [0.2, 0.25) is 0 Å². The fourth-order valence-corrected chi connectivity index (χ4v) is 2.71. The fourth-order valence-electron chi connectivity index (χ4n) is 1.71. The molecule has 0 aliphatic rings. The summed E-state index contributed by atoms with van der Waals surface area (Å²) >= 11 is 1.28. The molecule has 1 heterocycles. The standard InChI is InChI=1S/C13H14N2O3S/c1-8(16)12-9(18-2)4-3-5-10(12)19-13-14-7-6-11(17)15-13/h3-8,16H,1-2H3,(H,14,15,17). The minimum absolute atomic E-state index is 0.209. The minimum atomic E-state index is -0.672. The summed E-state index contributed by atoms with van der Waals surface area (Å²) in [6, 6.07) is 6.81. The highest BCUT2D eigenvalue weighted by atomic mass is 32.2. The van der Waals surface area contributed by atoms with Gasteiger partial charge in [-0.25, -0.2) is 4.98 Å². The van der Waals surface area contributed by atoms with Crippen LogP contribution in [0.4, 0.5) is 0 Å². The highest BCUT2D eigenvalue weighted by Gasteiger charge is 2.15. The molecule has 100 valence electrons. The van der Waals surface area contributed by atoms with E-state index in [1.807, 2.05) is 12.1 Å². The summed E-state index contributed by atoms with van der Waals surface area (Å²) in [6.45, 7) is 1.67. The van der Waals surface area contributed by atoms with Crippen molar-refractivity contribution in [1.29, 1.82) is 0 Å². The van der Waals surface area contributed by atoms with E-state index in [2.05, 4.69) is 9.97 Å². The van der Waals surface area contributed by atoms with E-state index in [0.29, 0.717) is 16.5 Å². The largest absolute Gasteiger partial charge is 0.496 e. The third-order valence-corrected chi connectivity index (χ3v) is 3.49. The Morgan fingerprint density at radius 3 is 2.84 bits per heavy atom. The van der Waals surface area contributed by atoms with Crippen molar-refractivity contribution in [1.82, 2.24) is 9.97 Å². The van der Waals surface area contributed by atoms with Crippen LogP contribution in [-0.2, 0) is 0 Å². The first-order valence-corrected chi connectivity index (χ1v) is 6.51. The number of aromatic nitrogens is 2. The van der Waals surface area contributed by atoms with Crippen LogP contribution in [0.3, 0.4) is 0 Å². The molecule has 0 bridgehead atoms. The molecule has 1 aromatic carbocycles. The van der Waals surface area contributed by atoms with Crippen molar-refractivity contribution in [2.45, 2.75) is 23.1 Å². The summed E-state index contributed by atoms with van der Waals surface area (Å²) in [5, 5.41) is 10.3. The van der Waals surface area contributed by atoms with Crippen molar-refractivity contribution >= 4 is 11.8 Å². The number of aromatic amines is 1. The van der Waals surface area contributed by atoms with Gasteiger partial charge in [-0.1, -0.05) is 17.8 Å². The van der Waals surface area contributed by atoms with Crippen molar-refractivity contribution in [2.75, 3.05) is 7.11 Å². The topological polar surface area (TPSA) is 75.2 Å². The number of aliphatic hydroxyl groups excluding tert-OH is 1. The number of nitrogens with one attached hydrogen (secondary N) is 1. The molecule has 6 heteroatoms. The van der Waals surface area contributed by atoms with Gasteiger partial charge in [0.2, 0.25) is 0 Å². The van der Waals surface area contributed by atoms with Crippen LogP contribution in [0.25, 0.3) is 0 Å². The molecular formula is C13H14N2O3S. The lowest BCUT2D eigenvalue weighted by molar-refractivity contribution is 0.191. The molecule has 1 unspecified atom stereocenters. The van der Waals surface area contributed by atoms with Gasteiger partial charge in [0.1, 0.15) is 5.75 Å². The van der Waals surface area contributed by atoms with Crippen molar-refractivity contribution in [3.63, 3.8) is 0 Å². The molecule has 0 fully saturated rings. The highest BCUT2D eigenvalue weighted by Crippen LogP contribution is 2.36. The second kappa shape index (κ2) is 5.90. The van der Waals surface area contributed by atoms with E-state index in [1.54, 1.807) is 20.1 Å². The zero-order valence-corrected chi connectivity index (χ0v) is 11.4. The van der Waals surface area contributed by atoms with Crippen molar-refractivity contribution in [3.05, 3.63) is 46.4 Å². The number of aliphatic hydroxyl groups is 1. The molecule has 1 aromatic heterocycles. The Hall–Kier alpha value is -1.79. The monoisotopic (exact) mass is 278 g/mol. The zero-order valence-electron chi connectivity index (χ0n) is 10.6. The molecule has 0 saturated carbocycles. The van der Waals surface area contributed by atoms with Gasteiger partial charge in [0.15, 0.2) is 5.16 Å². The van der Waals surface area contributed by atoms with E-state index in [1.165, 1.54) is 24.0 Å². The summed E-state index contributed by atoms with van der Waals surface area (Å²) < 4.78 is 5.24. The molecule has 2 aromatic rings. The van der Waals surface area contributed by atoms with E-state index in [9.17, 15) is 9.90 Å². The van der Waals surface area contributed by atoms with Crippen molar-refractivity contribution in [3.8, 4) is 5.75 Å². The molecule has 2 N–H and O–H groups in total. The Kier molecular flexibility index (Phi) is 4.24. The van der Waals surface area contributed by atoms with E-state index in [0.717, 1.165) is 4.90 Å². The lowest BCUT2D eigenvalue weighted by atomic mass is 10.1. The number of nitrogens with zero attached hydrogens (tertiary/aromatic N) is 1. The molecular weight excluding hydrogens is 264 g/mol. The molecule has 0 amide bonds. The fraction of sp³-hybridized carbons (Fsp3) is 0.231. The van der Waals surface area contributed by atoms with Gasteiger partial charge in [-0.2, -0.15) is 0 Å². The quantitative estimate of drug-likeness (QED) is 0.836. The number of hydrogen-bond acceptors (Lipinski definition) is 5. The van der Waals surface area contributed by atoms with Crippen LogP contribution in [-0.4, -0.2) is 22.2 Å². The van der Waals surface area contributed by atoms with Crippen LogP contribution >= 0.6 is 11.8 Å². The Labute approximate surface area is 114 Å². The Morgan fingerprint density at radius 1 is 1.42 bits per heavy atom. The second-order valence-corrected chi connectivity index (χ2v) is 4.92. The van der Waals surface area contributed by atoms with E-state index < -0.39 is 6.10 Å². The number of benzene rings is 1. The summed E-state index contributed by atoms with van der Waals surface area (Å²) in [5.74, 6) is 0.610. The first kappa shape index (κ1) is 13.6. The number of methoxy groups -OCH3 is 1. The van der Waals surface area contributed by atoms with Crippen LogP contribution in [0.5, 0.6) is 5.75 Å². The first-order chi connectivity index (χ1) is 9.11. The third kappa shape index (κ3) is 3.15. The van der Waals surface area contributed by atoms with Gasteiger partial charge in [0.25, 0.3) is 5.56 Å². The highest BCUT2D eigenvalue weighted by molar-refractivity contribution is 7.99. The smallest absolute Gasteiger partial charge is 0.251 e. The van der Waals surface area contributed by atoms with Gasteiger partial charge in [-0.15, -0.1) is 0 Å². The van der Waals surface area contributed by atoms with Crippen molar-refractivity contribution in [2.24, 2.45) is 0 Å². The lowest BCUT2D eigenvalue weighted by Gasteiger charge is -2.15. The number of ether oxygens (including phenoxy) is 1. The van der Waals surface area contributed by atoms with Gasteiger partial charge < -0.3 is 14.8 Å². The van der Waals surface area contributed by atoms with E-state index in [-0.39, 0.29) is 5.56 Å². The summed E-state index contributed by atoms with van der Waals surface area (Å²) in [5.41, 5.74) is 0.473. The molecule has 0 saturated heterocycles. The normalized spacial score (nSPS) is 12.2. The third-order valence-electron chi connectivity index (χ3n) is 2.52. The van der Waals surface area contributed by atoms with Gasteiger partial charge in [-0.3, -0.25) is 4.79 Å². The predicted octanol–water partition coefficient (Wildman–Crippen LogP) is 1.98. The zero-order chi connectivity index (χ0) is 13.8. The molecule has 1 atom stereocenters. The average Bonchev–Trinajstić information content (AvgIpc) is 2.38. The number of H-pyrrole nitrogens is 1. The van der Waals surface area contributed by atoms with Crippen molar-refractivity contribution < 1.29 is 9.84 Å². The van der Waals surface area contributed by atoms with Gasteiger partial charge in [0.05, 0.1) is 13.2 Å². The Morgan fingerprint density at radius 2 is 2.21 bits per heavy atom. The second-order valence-electron chi connectivity index (χ2n) is 3.89. The van der Waals surface area contributed by atoms with Crippen LogP contribution in [0, 0.1) is 0 Å². The van der Waals surface area contributed by atoms with Crippen LogP contribution in [0.15, 0.2) is 45.3 Å². The van der Waals surface area contributed by atoms with E-state index in [4.69, 9.17) is 4.74 Å². The Balaban J connectivity index is 2.42. The maximum absolute atomic E-state index is 11.2. The van der Waals surface area contributed by atoms with Gasteiger partial charge >= 0.3 is 0 Å². The molecule has 0 aliphatic heterocycles. The molecule has 5 nitrogen and oxygen atoms in total. The summed E-state index contributed by atoms with van der Waals surface area (Å²) in [6.07, 6.45) is 0.776. The number of rotatable bonds is 4. The number of hydrogen-bond donors (Lipinski definition) is 2. The Bertz CT molecular complexity index is 625. The first-order valence-electron chi connectivity index (χ1n) is 5.70. The van der Waals surface area contributed by atoms with Gasteiger partial charge in [0, 0.05) is 22.7 Å². The summed E-state index contributed by atoms with van der Waals surface area (Å²) in [4.78, 5) is 18.7. The molecule has 0 aliphatic carbocycles. The van der Waals surface area contributed by atoms with E-state index >= 15 is 0 Å². The maximum atomic E-state index is 11.2. The predicted molar refractivity (Wildman–Crippen MR) is 72.6 cm³/mol. The maximum Gasteiger partial charge on any atom is 0.251 e. The molecule has 0 spiro atoms. The van der Waals surface area contributed by atoms with Crippen LogP contribution < -0.4 is 10.3 Å². The lowest BCUT2D eigenvalue weighted by Crippen LogP contribution is -2.05. The summed E-state index contributed by atoms with van der Waals surface area (Å²) in [7, 11) is 1.55. The molecule has 2 rings (SSSR count). The minimum Gasteiger partial charge on any atom is -0.496 e. The molecule has 19 heavy (non-hydrogen) atoms. The SMILES string of the molecule is COc1cccc(Sc2nccc(=O)[nH]2)c1C(C)O. The average molecular weight is 278 g/mol.